The SMILES string of the molecule is C[C@H](NC(=O)O)C(=O)Cl. The minimum atomic E-state index is -1.25. The van der Waals surface area contributed by atoms with Crippen molar-refractivity contribution in [2.75, 3.05) is 0 Å². The van der Waals surface area contributed by atoms with Gasteiger partial charge in [0.25, 0.3) is 0 Å². The molecule has 0 aliphatic rings. The maximum absolute atomic E-state index is 10.1. The summed E-state index contributed by atoms with van der Waals surface area (Å²) in [5.74, 6) is 0. The molecule has 52 valence electrons. The molecule has 0 aliphatic carbocycles. The Labute approximate surface area is 56.8 Å². The highest BCUT2D eigenvalue weighted by molar-refractivity contribution is 6.64. The van der Waals surface area contributed by atoms with Gasteiger partial charge in [-0.05, 0) is 18.5 Å². The lowest BCUT2D eigenvalue weighted by Gasteiger charge is -2.02. The van der Waals surface area contributed by atoms with Crippen LogP contribution in [0.4, 0.5) is 4.79 Å². The fourth-order valence-electron chi connectivity index (χ4n) is 0.242. The third-order valence-corrected chi connectivity index (χ3v) is 1.01. The molecule has 1 atom stereocenters. The Balaban J connectivity index is 3.63. The molecule has 0 aromatic carbocycles. The van der Waals surface area contributed by atoms with Crippen LogP contribution in [-0.2, 0) is 4.79 Å². The van der Waals surface area contributed by atoms with E-state index >= 15 is 0 Å². The fraction of sp³-hybridized carbons (Fsp3) is 0.500. The van der Waals surface area contributed by atoms with Gasteiger partial charge in [0.05, 0.1) is 0 Å². The molecule has 4 nitrogen and oxygen atoms in total. The molecule has 0 bridgehead atoms. The molecule has 0 saturated carbocycles. The van der Waals surface area contributed by atoms with Gasteiger partial charge in [-0.2, -0.15) is 0 Å². The first-order valence-corrected chi connectivity index (χ1v) is 2.60. The lowest BCUT2D eigenvalue weighted by atomic mass is 10.4. The highest BCUT2D eigenvalue weighted by atomic mass is 35.5. The first-order valence-electron chi connectivity index (χ1n) is 2.23. The maximum atomic E-state index is 10.1. The molecular formula is C4H6ClNO3. The molecule has 2 N–H and O–H groups in total. The van der Waals surface area contributed by atoms with Gasteiger partial charge in [0.15, 0.2) is 0 Å². The molecule has 0 saturated heterocycles. The monoisotopic (exact) mass is 151 g/mol. The molecule has 0 unspecified atom stereocenters. The van der Waals surface area contributed by atoms with Crippen molar-refractivity contribution in [3.8, 4) is 0 Å². The van der Waals surface area contributed by atoms with Crippen LogP contribution in [0.15, 0.2) is 0 Å². The van der Waals surface area contributed by atoms with Gasteiger partial charge in [-0.1, -0.05) is 0 Å². The molecule has 0 rings (SSSR count). The number of rotatable bonds is 2. The molecular weight excluding hydrogens is 146 g/mol. The van der Waals surface area contributed by atoms with E-state index in [0.717, 1.165) is 0 Å². The Kier molecular flexibility index (Phi) is 3.01. The molecule has 0 aromatic heterocycles. The predicted octanol–water partition coefficient (Wildman–Crippen LogP) is 0.408. The second kappa shape index (κ2) is 3.29. The Morgan fingerprint density at radius 2 is 2.11 bits per heavy atom. The number of carbonyl (C=O) groups excluding carboxylic acids is 1. The zero-order valence-electron chi connectivity index (χ0n) is 4.72. The van der Waals surface area contributed by atoms with E-state index in [1.54, 1.807) is 0 Å². The van der Waals surface area contributed by atoms with Crippen LogP contribution in [0, 0.1) is 0 Å². The van der Waals surface area contributed by atoms with E-state index in [2.05, 4.69) is 0 Å². The zero-order valence-corrected chi connectivity index (χ0v) is 5.47. The van der Waals surface area contributed by atoms with Crippen molar-refractivity contribution in [1.29, 1.82) is 0 Å². The number of carbonyl (C=O) groups is 2. The van der Waals surface area contributed by atoms with Crippen LogP contribution in [0.1, 0.15) is 6.92 Å². The quantitative estimate of drug-likeness (QED) is 0.562. The van der Waals surface area contributed by atoms with E-state index in [-0.39, 0.29) is 0 Å². The Bertz CT molecular complexity index is 136. The summed E-state index contributed by atoms with van der Waals surface area (Å²) in [6.45, 7) is 1.36. The molecule has 5 heteroatoms. The van der Waals surface area contributed by atoms with Gasteiger partial charge in [0, 0.05) is 0 Å². The highest BCUT2D eigenvalue weighted by Crippen LogP contribution is 1.87. The van der Waals surface area contributed by atoms with Gasteiger partial charge in [-0.25, -0.2) is 4.79 Å². The minimum Gasteiger partial charge on any atom is -0.465 e. The number of amides is 1. The summed E-state index contributed by atoms with van der Waals surface area (Å²) in [4.78, 5) is 19.9. The predicted molar refractivity (Wildman–Crippen MR) is 31.5 cm³/mol. The van der Waals surface area contributed by atoms with Crippen LogP contribution in [0.5, 0.6) is 0 Å². The van der Waals surface area contributed by atoms with Gasteiger partial charge in [-0.3, -0.25) is 4.79 Å². The fourth-order valence-corrected chi connectivity index (χ4v) is 0.297. The summed E-state index contributed by atoms with van der Waals surface area (Å²) < 4.78 is 0. The standard InChI is InChI=1S/C4H6ClNO3/c1-2(3(5)7)6-4(8)9/h2,6H,1H3,(H,8,9)/t2-/m0/s1. The second-order valence-electron chi connectivity index (χ2n) is 1.48. The van der Waals surface area contributed by atoms with Crippen LogP contribution in [0.2, 0.25) is 0 Å². The lowest BCUT2D eigenvalue weighted by molar-refractivity contribution is -0.113. The molecule has 0 aliphatic heterocycles. The summed E-state index contributed by atoms with van der Waals surface area (Å²) in [5, 5.41) is 9.18. The molecule has 0 aromatic rings. The van der Waals surface area contributed by atoms with Crippen molar-refractivity contribution >= 4 is 22.9 Å². The number of hydrogen-bond acceptors (Lipinski definition) is 2. The van der Waals surface area contributed by atoms with E-state index in [1.807, 2.05) is 5.32 Å². The van der Waals surface area contributed by atoms with Crippen LogP contribution in [-0.4, -0.2) is 22.5 Å². The first kappa shape index (κ1) is 8.23. The van der Waals surface area contributed by atoms with E-state index in [4.69, 9.17) is 16.7 Å². The first-order chi connectivity index (χ1) is 4.04. The Hall–Kier alpha value is -0.770. The molecule has 0 spiro atoms. The summed E-state index contributed by atoms with van der Waals surface area (Å²) >= 11 is 4.91. The van der Waals surface area contributed by atoms with Gasteiger partial charge < -0.3 is 10.4 Å². The van der Waals surface area contributed by atoms with Gasteiger partial charge in [0.1, 0.15) is 6.04 Å². The number of carboxylic acid groups (broad SMARTS) is 1. The third kappa shape index (κ3) is 3.78. The lowest BCUT2D eigenvalue weighted by Crippen LogP contribution is -2.35. The smallest absolute Gasteiger partial charge is 0.405 e. The number of nitrogens with one attached hydrogen (secondary N) is 1. The molecule has 9 heavy (non-hydrogen) atoms. The number of halogens is 1. The second-order valence-corrected chi connectivity index (χ2v) is 1.85. The summed E-state index contributed by atoms with van der Waals surface area (Å²) in [6, 6.07) is -0.829. The minimum absolute atomic E-state index is 0.711. The molecule has 1 amide bonds. The van der Waals surface area contributed by atoms with Crippen LogP contribution in [0.25, 0.3) is 0 Å². The van der Waals surface area contributed by atoms with Gasteiger partial charge in [0.2, 0.25) is 5.24 Å². The van der Waals surface area contributed by atoms with E-state index in [0.29, 0.717) is 0 Å². The van der Waals surface area contributed by atoms with Crippen molar-refractivity contribution in [3.05, 3.63) is 0 Å². The summed E-state index contributed by atoms with van der Waals surface area (Å²) in [6.07, 6.45) is -1.25. The van der Waals surface area contributed by atoms with Crippen molar-refractivity contribution in [3.63, 3.8) is 0 Å². The summed E-state index contributed by atoms with van der Waals surface area (Å²) in [5.41, 5.74) is 0. The summed E-state index contributed by atoms with van der Waals surface area (Å²) in [7, 11) is 0. The Morgan fingerprint density at radius 1 is 1.67 bits per heavy atom. The third-order valence-electron chi connectivity index (χ3n) is 0.680. The van der Waals surface area contributed by atoms with E-state index < -0.39 is 17.4 Å². The van der Waals surface area contributed by atoms with E-state index in [9.17, 15) is 9.59 Å². The van der Waals surface area contributed by atoms with Crippen molar-refractivity contribution in [2.45, 2.75) is 13.0 Å². The van der Waals surface area contributed by atoms with E-state index in [1.165, 1.54) is 6.92 Å². The van der Waals surface area contributed by atoms with Crippen LogP contribution >= 0.6 is 11.6 Å². The normalized spacial score (nSPS) is 12.2. The average Bonchev–Trinajstić information content (AvgIpc) is 1.63. The topological polar surface area (TPSA) is 66.4 Å². The molecule has 0 heterocycles. The zero-order chi connectivity index (χ0) is 7.44. The van der Waals surface area contributed by atoms with Crippen molar-refractivity contribution in [1.82, 2.24) is 5.32 Å². The highest BCUT2D eigenvalue weighted by Gasteiger charge is 2.10. The Morgan fingerprint density at radius 3 is 2.22 bits per heavy atom. The maximum Gasteiger partial charge on any atom is 0.405 e. The number of hydrogen-bond donors (Lipinski definition) is 2. The van der Waals surface area contributed by atoms with Crippen LogP contribution in [0.3, 0.4) is 0 Å². The van der Waals surface area contributed by atoms with Crippen molar-refractivity contribution in [2.24, 2.45) is 0 Å². The molecule has 0 fully saturated rings. The average molecular weight is 152 g/mol. The van der Waals surface area contributed by atoms with Gasteiger partial charge >= 0.3 is 6.09 Å². The van der Waals surface area contributed by atoms with Gasteiger partial charge in [-0.15, -0.1) is 0 Å². The van der Waals surface area contributed by atoms with Crippen molar-refractivity contribution < 1.29 is 14.7 Å². The molecule has 0 radical (unpaired) electrons. The van der Waals surface area contributed by atoms with Crippen LogP contribution < -0.4 is 5.32 Å². The largest absolute Gasteiger partial charge is 0.465 e.